The van der Waals surface area contributed by atoms with Crippen molar-refractivity contribution >= 4 is 24.3 Å². The summed E-state index contributed by atoms with van der Waals surface area (Å²) in [6.45, 7) is 2.72. The molecule has 1 aliphatic carbocycles. The van der Waals surface area contributed by atoms with Crippen molar-refractivity contribution in [2.75, 3.05) is 26.7 Å². The van der Waals surface area contributed by atoms with E-state index in [2.05, 4.69) is 15.4 Å². The minimum absolute atomic E-state index is 0. The van der Waals surface area contributed by atoms with Crippen LogP contribution in [0, 0.1) is 11.3 Å². The number of nitrogens with one attached hydrogen (secondary N) is 2. The predicted molar refractivity (Wildman–Crippen MR) is 94.4 cm³/mol. The first-order chi connectivity index (χ1) is 11.1. The van der Waals surface area contributed by atoms with Gasteiger partial charge in [0.1, 0.15) is 0 Å². The number of benzene rings is 1. The second-order valence-electron chi connectivity index (χ2n) is 6.60. The molecule has 2 aliphatic rings. The fourth-order valence-electron chi connectivity index (χ4n) is 3.57. The van der Waals surface area contributed by atoms with E-state index in [1.165, 1.54) is 7.11 Å². The van der Waals surface area contributed by atoms with E-state index in [1.807, 2.05) is 12.1 Å². The van der Waals surface area contributed by atoms with E-state index < -0.39 is 0 Å². The van der Waals surface area contributed by atoms with Crippen molar-refractivity contribution in [3.63, 3.8) is 0 Å². The zero-order chi connectivity index (χ0) is 16.3. The van der Waals surface area contributed by atoms with Gasteiger partial charge in [-0.15, -0.1) is 12.4 Å². The lowest BCUT2D eigenvalue weighted by Crippen LogP contribution is -2.34. The highest BCUT2D eigenvalue weighted by atomic mass is 35.5. The van der Waals surface area contributed by atoms with E-state index in [9.17, 15) is 9.59 Å². The van der Waals surface area contributed by atoms with Crippen LogP contribution in [0.3, 0.4) is 0 Å². The first-order valence-corrected chi connectivity index (χ1v) is 8.30. The highest BCUT2D eigenvalue weighted by Gasteiger charge is 2.57. The number of ether oxygens (including phenoxy) is 1. The number of amides is 1. The smallest absolute Gasteiger partial charge is 0.337 e. The second-order valence-corrected chi connectivity index (χ2v) is 6.60. The third kappa shape index (κ3) is 4.08. The molecule has 1 aliphatic heterocycles. The van der Waals surface area contributed by atoms with Crippen LogP contribution in [0.25, 0.3) is 0 Å². The topological polar surface area (TPSA) is 67.4 Å². The molecule has 0 aromatic heterocycles. The molecule has 2 N–H and O–H groups in total. The van der Waals surface area contributed by atoms with Gasteiger partial charge >= 0.3 is 5.97 Å². The summed E-state index contributed by atoms with van der Waals surface area (Å²) in [5.74, 6) is 0.0928. The Morgan fingerprint density at radius 1 is 1.25 bits per heavy atom. The quantitative estimate of drug-likeness (QED) is 0.795. The Labute approximate surface area is 148 Å². The largest absolute Gasteiger partial charge is 0.465 e. The van der Waals surface area contributed by atoms with Gasteiger partial charge in [-0.3, -0.25) is 4.79 Å². The molecule has 1 atom stereocenters. The molecule has 1 spiro atoms. The Morgan fingerprint density at radius 3 is 2.54 bits per heavy atom. The average Bonchev–Trinajstić information content (AvgIpc) is 3.28. The number of methoxy groups -OCH3 is 1. The Hall–Kier alpha value is -1.59. The Kier molecular flexibility index (Phi) is 6.24. The van der Waals surface area contributed by atoms with Crippen LogP contribution in [-0.2, 0) is 16.0 Å². The van der Waals surface area contributed by atoms with Gasteiger partial charge in [0.25, 0.3) is 0 Å². The number of piperidine rings is 1. The van der Waals surface area contributed by atoms with E-state index in [4.69, 9.17) is 0 Å². The molecule has 1 saturated heterocycles. The van der Waals surface area contributed by atoms with Crippen LogP contribution in [0.15, 0.2) is 24.3 Å². The lowest BCUT2D eigenvalue weighted by Gasteiger charge is -2.23. The number of hydrogen-bond donors (Lipinski definition) is 2. The van der Waals surface area contributed by atoms with Gasteiger partial charge in [-0.05, 0) is 61.9 Å². The van der Waals surface area contributed by atoms with Crippen LogP contribution in [0.5, 0.6) is 0 Å². The molecule has 1 unspecified atom stereocenters. The fraction of sp³-hybridized carbons (Fsp3) is 0.556. The molecule has 6 heteroatoms. The van der Waals surface area contributed by atoms with Crippen molar-refractivity contribution in [1.29, 1.82) is 0 Å². The molecule has 1 saturated carbocycles. The van der Waals surface area contributed by atoms with Crippen molar-refractivity contribution in [1.82, 2.24) is 10.6 Å². The van der Waals surface area contributed by atoms with Crippen molar-refractivity contribution in [3.05, 3.63) is 35.4 Å². The minimum Gasteiger partial charge on any atom is -0.465 e. The summed E-state index contributed by atoms with van der Waals surface area (Å²) < 4.78 is 4.68. The van der Waals surface area contributed by atoms with Crippen LogP contribution in [0.1, 0.15) is 35.2 Å². The summed E-state index contributed by atoms with van der Waals surface area (Å²) in [5.41, 5.74) is 1.94. The molecule has 132 valence electrons. The van der Waals surface area contributed by atoms with E-state index in [0.717, 1.165) is 44.3 Å². The van der Waals surface area contributed by atoms with E-state index in [-0.39, 0.29) is 35.6 Å². The average molecular weight is 353 g/mol. The number of esters is 1. The second kappa shape index (κ2) is 7.99. The molecule has 24 heavy (non-hydrogen) atoms. The van der Waals surface area contributed by atoms with Gasteiger partial charge in [-0.1, -0.05) is 12.1 Å². The first kappa shape index (κ1) is 18.7. The van der Waals surface area contributed by atoms with Crippen molar-refractivity contribution in [2.45, 2.75) is 25.7 Å². The van der Waals surface area contributed by atoms with Gasteiger partial charge < -0.3 is 15.4 Å². The lowest BCUT2D eigenvalue weighted by molar-refractivity contribution is -0.123. The molecule has 1 aromatic carbocycles. The summed E-state index contributed by atoms with van der Waals surface area (Å²) in [6.07, 6.45) is 4.07. The van der Waals surface area contributed by atoms with Gasteiger partial charge in [-0.2, -0.15) is 0 Å². The molecule has 2 fully saturated rings. The van der Waals surface area contributed by atoms with Gasteiger partial charge in [0, 0.05) is 12.5 Å². The van der Waals surface area contributed by atoms with Crippen LogP contribution in [0.2, 0.25) is 0 Å². The monoisotopic (exact) mass is 352 g/mol. The predicted octanol–water partition coefficient (Wildman–Crippen LogP) is 1.94. The van der Waals surface area contributed by atoms with Crippen molar-refractivity contribution in [2.24, 2.45) is 11.3 Å². The molecule has 5 nitrogen and oxygen atoms in total. The van der Waals surface area contributed by atoms with Gasteiger partial charge in [0.2, 0.25) is 5.91 Å². The summed E-state index contributed by atoms with van der Waals surface area (Å²) in [6, 6.07) is 7.33. The normalized spacial score (nSPS) is 20.8. The van der Waals surface area contributed by atoms with E-state index in [1.54, 1.807) is 12.1 Å². The minimum atomic E-state index is -0.328. The van der Waals surface area contributed by atoms with Crippen LogP contribution in [-0.4, -0.2) is 38.6 Å². The number of carbonyl (C=O) groups is 2. The highest BCUT2D eigenvalue weighted by molar-refractivity contribution is 5.89. The van der Waals surface area contributed by atoms with Gasteiger partial charge in [-0.25, -0.2) is 4.79 Å². The van der Waals surface area contributed by atoms with Crippen LogP contribution < -0.4 is 10.6 Å². The third-order valence-corrected chi connectivity index (χ3v) is 5.19. The molecular weight excluding hydrogens is 328 g/mol. The standard InChI is InChI=1S/C18H24N2O3.ClH/c1-23-17(22)14-4-2-13(3-5-14)6-9-20-16(21)15-12-18(15)7-10-19-11-8-18;/h2-5,15,19H,6-12H2,1H3,(H,20,21);1H. The summed E-state index contributed by atoms with van der Waals surface area (Å²) in [5, 5.41) is 6.42. The summed E-state index contributed by atoms with van der Waals surface area (Å²) >= 11 is 0. The molecule has 1 amide bonds. The maximum Gasteiger partial charge on any atom is 0.337 e. The van der Waals surface area contributed by atoms with E-state index >= 15 is 0 Å². The molecule has 0 radical (unpaired) electrons. The Morgan fingerprint density at radius 2 is 1.92 bits per heavy atom. The molecule has 0 bridgehead atoms. The van der Waals surface area contributed by atoms with E-state index in [0.29, 0.717) is 12.1 Å². The maximum absolute atomic E-state index is 12.3. The van der Waals surface area contributed by atoms with Crippen LogP contribution in [0.4, 0.5) is 0 Å². The van der Waals surface area contributed by atoms with Gasteiger partial charge in [0.05, 0.1) is 12.7 Å². The lowest BCUT2D eigenvalue weighted by atomic mass is 9.92. The number of rotatable bonds is 5. The maximum atomic E-state index is 12.3. The molecule has 1 heterocycles. The zero-order valence-electron chi connectivity index (χ0n) is 14.0. The highest BCUT2D eigenvalue weighted by Crippen LogP contribution is 2.58. The fourth-order valence-corrected chi connectivity index (χ4v) is 3.57. The Bertz CT molecular complexity index is 582. The molecule has 1 aromatic rings. The molecule has 3 rings (SSSR count). The SMILES string of the molecule is COC(=O)c1ccc(CCNC(=O)C2CC23CCNCC3)cc1.Cl. The van der Waals surface area contributed by atoms with Gasteiger partial charge in [0.15, 0.2) is 0 Å². The summed E-state index contributed by atoms with van der Waals surface area (Å²) in [4.78, 5) is 23.6. The number of halogens is 1. The Balaban J connectivity index is 0.00000208. The number of carbonyl (C=O) groups excluding carboxylic acids is 2. The van der Waals surface area contributed by atoms with Crippen molar-refractivity contribution in [3.8, 4) is 0 Å². The molecular formula is C18H25ClN2O3. The third-order valence-electron chi connectivity index (χ3n) is 5.19. The van der Waals surface area contributed by atoms with Crippen molar-refractivity contribution < 1.29 is 14.3 Å². The van der Waals surface area contributed by atoms with Crippen LogP contribution >= 0.6 is 12.4 Å². The first-order valence-electron chi connectivity index (χ1n) is 8.30. The number of hydrogen-bond acceptors (Lipinski definition) is 4. The summed E-state index contributed by atoms with van der Waals surface area (Å²) in [7, 11) is 1.37. The zero-order valence-corrected chi connectivity index (χ0v) is 14.8.